The minimum atomic E-state index is -0.666. The summed E-state index contributed by atoms with van der Waals surface area (Å²) in [6.07, 6.45) is 1.80. The minimum Gasteiger partial charge on any atom is -0.442 e. The van der Waals surface area contributed by atoms with Gasteiger partial charge in [-0.2, -0.15) is 11.8 Å². The van der Waals surface area contributed by atoms with Crippen molar-refractivity contribution in [3.05, 3.63) is 23.8 Å². The zero-order chi connectivity index (χ0) is 20.5. The van der Waals surface area contributed by atoms with Gasteiger partial charge >= 0.3 is 6.09 Å². The number of nitrogens with one attached hydrogen (secondary N) is 1. The minimum absolute atomic E-state index is 0.0116. The molecule has 29 heavy (non-hydrogen) atoms. The van der Waals surface area contributed by atoms with Crippen LogP contribution in [0.1, 0.15) is 32.6 Å². The van der Waals surface area contributed by atoms with E-state index in [1.165, 1.54) is 17.0 Å². The molecule has 0 aromatic heterocycles. The van der Waals surface area contributed by atoms with Crippen LogP contribution in [0, 0.1) is 11.6 Å². The van der Waals surface area contributed by atoms with Crippen molar-refractivity contribution in [2.45, 2.75) is 50.8 Å². The van der Waals surface area contributed by atoms with Gasteiger partial charge in [-0.05, 0) is 19.3 Å². The van der Waals surface area contributed by atoms with E-state index in [0.717, 1.165) is 30.8 Å². The van der Waals surface area contributed by atoms with Crippen molar-refractivity contribution >= 4 is 35.1 Å². The highest BCUT2D eigenvalue weighted by Gasteiger charge is 2.40. The molecule has 3 atom stereocenters. The number of halogens is 2. The lowest BCUT2D eigenvalue weighted by Crippen LogP contribution is -2.43. The predicted molar refractivity (Wildman–Crippen MR) is 109 cm³/mol. The van der Waals surface area contributed by atoms with Crippen molar-refractivity contribution in [1.82, 2.24) is 5.32 Å². The highest BCUT2D eigenvalue weighted by atomic mass is 32.2. The topological polar surface area (TPSA) is 61.9 Å². The van der Waals surface area contributed by atoms with E-state index in [0.29, 0.717) is 6.42 Å². The number of anilines is 2. The molecule has 1 N–H and O–H groups in total. The lowest BCUT2D eigenvalue weighted by molar-refractivity contribution is -0.121. The molecule has 1 aromatic carbocycles. The van der Waals surface area contributed by atoms with Crippen LogP contribution >= 0.6 is 11.8 Å². The average Bonchev–Trinajstić information content (AvgIpc) is 3.15. The van der Waals surface area contributed by atoms with Gasteiger partial charge in [-0.1, -0.05) is 6.92 Å². The lowest BCUT2D eigenvalue weighted by Gasteiger charge is -2.37. The summed E-state index contributed by atoms with van der Waals surface area (Å²) in [7, 11) is 0. The molecule has 6 nitrogen and oxygen atoms in total. The molecule has 1 aromatic rings. The van der Waals surface area contributed by atoms with E-state index < -0.39 is 23.8 Å². The number of benzene rings is 1. The SMILES string of the molecule is CCCC(=O)NCC1CN(c2cc(F)c(N3C4CCC3CSC4)c(F)c2)C(=O)O1. The summed E-state index contributed by atoms with van der Waals surface area (Å²) in [4.78, 5) is 26.9. The number of fused-ring (bicyclic) bond motifs is 2. The third kappa shape index (κ3) is 4.01. The van der Waals surface area contributed by atoms with E-state index in [-0.39, 0.29) is 42.5 Å². The molecule has 3 heterocycles. The monoisotopic (exact) mass is 425 g/mol. The van der Waals surface area contributed by atoms with Crippen LogP contribution in [-0.4, -0.2) is 54.8 Å². The highest BCUT2D eigenvalue weighted by Crippen LogP contribution is 2.41. The first kappa shape index (κ1) is 20.3. The molecule has 4 rings (SSSR count). The smallest absolute Gasteiger partial charge is 0.414 e. The van der Waals surface area contributed by atoms with Crippen LogP contribution in [0.5, 0.6) is 0 Å². The Bertz CT molecular complexity index is 770. The van der Waals surface area contributed by atoms with Crippen LogP contribution in [0.3, 0.4) is 0 Å². The summed E-state index contributed by atoms with van der Waals surface area (Å²) in [6.45, 7) is 2.21. The molecular formula is C20H25F2N3O3S. The number of hydrogen-bond donors (Lipinski definition) is 1. The van der Waals surface area contributed by atoms with Crippen LogP contribution in [0.25, 0.3) is 0 Å². The summed E-state index contributed by atoms with van der Waals surface area (Å²) in [6, 6.07) is 2.72. The molecule has 0 radical (unpaired) electrons. The molecular weight excluding hydrogens is 400 g/mol. The number of ether oxygens (including phenoxy) is 1. The van der Waals surface area contributed by atoms with E-state index in [1.807, 2.05) is 23.6 Å². The van der Waals surface area contributed by atoms with Crippen LogP contribution in [0.15, 0.2) is 12.1 Å². The van der Waals surface area contributed by atoms with Gasteiger partial charge < -0.3 is 15.0 Å². The second kappa shape index (κ2) is 8.38. The standard InChI is InChI=1S/C20H25F2N3O3S/c1-2-3-18(26)23-8-15-9-24(20(27)28-15)14-6-16(21)19(17(22)7-14)25-12-4-5-13(25)11-29-10-12/h6-7,12-13,15H,2-5,8-11H2,1H3,(H,23,26). The molecule has 3 saturated heterocycles. The number of thioether (sulfide) groups is 1. The van der Waals surface area contributed by atoms with E-state index in [9.17, 15) is 18.4 Å². The Labute approximate surface area is 172 Å². The van der Waals surface area contributed by atoms with Crippen molar-refractivity contribution < 1.29 is 23.1 Å². The second-order valence-electron chi connectivity index (χ2n) is 7.76. The summed E-state index contributed by atoms with van der Waals surface area (Å²) in [5.41, 5.74) is 0.146. The van der Waals surface area contributed by atoms with Crippen LogP contribution < -0.4 is 15.1 Å². The molecule has 3 unspecified atom stereocenters. The Balaban J connectivity index is 1.48. The number of carbonyl (C=O) groups is 2. The second-order valence-corrected chi connectivity index (χ2v) is 8.83. The molecule has 3 aliphatic heterocycles. The summed E-state index contributed by atoms with van der Waals surface area (Å²) < 4.78 is 35.2. The van der Waals surface area contributed by atoms with Crippen molar-refractivity contribution in [3.8, 4) is 0 Å². The van der Waals surface area contributed by atoms with Crippen molar-refractivity contribution in [2.24, 2.45) is 0 Å². The number of amides is 2. The van der Waals surface area contributed by atoms with Crippen molar-refractivity contribution in [2.75, 3.05) is 34.4 Å². The number of cyclic esters (lactones) is 1. The Morgan fingerprint density at radius 3 is 2.52 bits per heavy atom. The van der Waals surface area contributed by atoms with Gasteiger partial charge in [0.1, 0.15) is 11.8 Å². The molecule has 2 amide bonds. The molecule has 3 aliphatic rings. The van der Waals surface area contributed by atoms with Crippen LogP contribution in [0.4, 0.5) is 25.0 Å². The fourth-order valence-electron chi connectivity index (χ4n) is 4.33. The Morgan fingerprint density at radius 2 is 1.90 bits per heavy atom. The van der Waals surface area contributed by atoms with Gasteiger partial charge in [0.2, 0.25) is 5.91 Å². The third-order valence-electron chi connectivity index (χ3n) is 5.69. The highest BCUT2D eigenvalue weighted by molar-refractivity contribution is 7.99. The first-order valence-electron chi connectivity index (χ1n) is 10.1. The maximum absolute atomic E-state index is 15.0. The molecule has 158 valence electrons. The Hall–Kier alpha value is -2.03. The van der Waals surface area contributed by atoms with Gasteiger partial charge in [-0.3, -0.25) is 9.69 Å². The Kier molecular flexibility index (Phi) is 5.85. The molecule has 2 bridgehead atoms. The van der Waals surface area contributed by atoms with Crippen molar-refractivity contribution in [3.63, 3.8) is 0 Å². The predicted octanol–water partition coefficient (Wildman–Crippen LogP) is 3.29. The summed E-state index contributed by atoms with van der Waals surface area (Å²) >= 11 is 1.83. The fraction of sp³-hybridized carbons (Fsp3) is 0.600. The Morgan fingerprint density at radius 1 is 1.24 bits per heavy atom. The third-order valence-corrected chi connectivity index (χ3v) is 6.93. The lowest BCUT2D eigenvalue weighted by atomic mass is 10.1. The van der Waals surface area contributed by atoms with Crippen molar-refractivity contribution in [1.29, 1.82) is 0 Å². The van der Waals surface area contributed by atoms with Gasteiger partial charge in [-0.15, -0.1) is 0 Å². The van der Waals surface area contributed by atoms with E-state index in [1.54, 1.807) is 0 Å². The van der Waals surface area contributed by atoms with Gasteiger partial charge in [0.15, 0.2) is 11.6 Å². The van der Waals surface area contributed by atoms with Gasteiger partial charge in [0.05, 0.1) is 18.8 Å². The number of rotatable bonds is 6. The largest absolute Gasteiger partial charge is 0.442 e. The zero-order valence-corrected chi connectivity index (χ0v) is 17.1. The van der Waals surface area contributed by atoms with Crippen LogP contribution in [0.2, 0.25) is 0 Å². The van der Waals surface area contributed by atoms with E-state index in [2.05, 4.69) is 5.32 Å². The summed E-state index contributed by atoms with van der Waals surface area (Å²) in [5, 5.41) is 2.71. The van der Waals surface area contributed by atoms with E-state index in [4.69, 9.17) is 4.74 Å². The molecule has 3 fully saturated rings. The normalized spacial score (nSPS) is 26.0. The van der Waals surface area contributed by atoms with E-state index >= 15 is 0 Å². The number of carbonyl (C=O) groups excluding carboxylic acids is 2. The molecule has 0 aliphatic carbocycles. The maximum atomic E-state index is 15.0. The fourth-order valence-corrected chi connectivity index (χ4v) is 5.66. The number of nitrogens with zero attached hydrogens (tertiary/aromatic N) is 2. The first-order valence-corrected chi connectivity index (χ1v) is 11.2. The molecule has 0 saturated carbocycles. The average molecular weight is 426 g/mol. The van der Waals surface area contributed by atoms with Gasteiger partial charge in [0.25, 0.3) is 0 Å². The maximum Gasteiger partial charge on any atom is 0.414 e. The molecule has 0 spiro atoms. The van der Waals surface area contributed by atoms with Crippen LogP contribution in [-0.2, 0) is 9.53 Å². The van der Waals surface area contributed by atoms with Gasteiger partial charge in [0, 0.05) is 42.1 Å². The number of hydrogen-bond acceptors (Lipinski definition) is 5. The summed E-state index contributed by atoms with van der Waals surface area (Å²) in [5.74, 6) is 0.326. The van der Waals surface area contributed by atoms with Gasteiger partial charge in [-0.25, -0.2) is 13.6 Å². The quantitative estimate of drug-likeness (QED) is 0.758. The first-order chi connectivity index (χ1) is 14.0. The zero-order valence-electron chi connectivity index (χ0n) is 16.3. The molecule has 9 heteroatoms.